The molecule has 1 saturated heterocycles. The highest BCUT2D eigenvalue weighted by atomic mass is 16.8. The van der Waals surface area contributed by atoms with Gasteiger partial charge >= 0.3 is 0 Å². The standard InChI is InChI=1S/C11H18O4/c1-5-8(13)11(7-12)9(6-2)14-10(3,4)15-11/h5-6,8-9,12-13H,1-2,7H2,3-4H3/t8?,9-,11+/m1/s1. The van der Waals surface area contributed by atoms with Crippen LogP contribution < -0.4 is 0 Å². The van der Waals surface area contributed by atoms with Gasteiger partial charge in [0.2, 0.25) is 0 Å². The molecule has 15 heavy (non-hydrogen) atoms. The maximum absolute atomic E-state index is 9.81. The Hall–Kier alpha value is -0.680. The van der Waals surface area contributed by atoms with Crippen molar-refractivity contribution in [3.05, 3.63) is 25.3 Å². The summed E-state index contributed by atoms with van der Waals surface area (Å²) in [6, 6.07) is 0. The second-order valence-corrected chi connectivity index (χ2v) is 4.07. The number of hydrogen-bond donors (Lipinski definition) is 2. The lowest BCUT2D eigenvalue weighted by atomic mass is 9.91. The molecule has 0 amide bonds. The van der Waals surface area contributed by atoms with Gasteiger partial charge in [0, 0.05) is 0 Å². The lowest BCUT2D eigenvalue weighted by molar-refractivity contribution is -0.187. The molecule has 86 valence electrons. The van der Waals surface area contributed by atoms with E-state index >= 15 is 0 Å². The molecule has 4 nitrogen and oxygen atoms in total. The molecule has 0 bridgehead atoms. The van der Waals surface area contributed by atoms with Crippen LogP contribution in [0.25, 0.3) is 0 Å². The monoisotopic (exact) mass is 214 g/mol. The third-order valence-electron chi connectivity index (χ3n) is 2.51. The predicted molar refractivity (Wildman–Crippen MR) is 56.3 cm³/mol. The molecule has 1 aliphatic rings. The minimum atomic E-state index is -1.20. The van der Waals surface area contributed by atoms with Crippen LogP contribution in [0.1, 0.15) is 13.8 Å². The summed E-state index contributed by atoms with van der Waals surface area (Å²) in [7, 11) is 0. The highest BCUT2D eigenvalue weighted by Gasteiger charge is 2.55. The molecule has 0 aromatic heterocycles. The summed E-state index contributed by atoms with van der Waals surface area (Å²) >= 11 is 0. The highest BCUT2D eigenvalue weighted by Crippen LogP contribution is 2.39. The van der Waals surface area contributed by atoms with Crippen LogP contribution >= 0.6 is 0 Å². The predicted octanol–water partition coefficient (Wildman–Crippen LogP) is 0.602. The lowest BCUT2D eigenvalue weighted by Crippen LogP contribution is -2.52. The average molecular weight is 214 g/mol. The Morgan fingerprint density at radius 2 is 2.07 bits per heavy atom. The van der Waals surface area contributed by atoms with Crippen molar-refractivity contribution in [3.8, 4) is 0 Å². The van der Waals surface area contributed by atoms with E-state index in [4.69, 9.17) is 9.47 Å². The van der Waals surface area contributed by atoms with Crippen molar-refractivity contribution in [3.63, 3.8) is 0 Å². The van der Waals surface area contributed by atoms with Gasteiger partial charge in [0.1, 0.15) is 12.2 Å². The Labute approximate surface area is 89.8 Å². The third-order valence-corrected chi connectivity index (χ3v) is 2.51. The maximum atomic E-state index is 9.81. The van der Waals surface area contributed by atoms with E-state index in [1.165, 1.54) is 12.2 Å². The van der Waals surface area contributed by atoms with Crippen molar-refractivity contribution in [2.24, 2.45) is 0 Å². The topological polar surface area (TPSA) is 58.9 Å². The van der Waals surface area contributed by atoms with Gasteiger partial charge in [-0.1, -0.05) is 12.2 Å². The van der Waals surface area contributed by atoms with Crippen LogP contribution in [0.5, 0.6) is 0 Å². The molecule has 1 aliphatic heterocycles. The summed E-state index contributed by atoms with van der Waals surface area (Å²) < 4.78 is 11.1. The van der Waals surface area contributed by atoms with Gasteiger partial charge in [-0.3, -0.25) is 0 Å². The Bertz CT molecular complexity index is 261. The molecule has 3 atom stereocenters. The van der Waals surface area contributed by atoms with E-state index in [0.717, 1.165) is 0 Å². The molecule has 1 rings (SSSR count). The molecule has 0 aromatic rings. The maximum Gasteiger partial charge on any atom is 0.164 e. The Balaban J connectivity index is 3.06. The molecule has 0 aliphatic carbocycles. The minimum Gasteiger partial charge on any atom is -0.393 e. The second-order valence-electron chi connectivity index (χ2n) is 4.07. The van der Waals surface area contributed by atoms with E-state index in [0.29, 0.717) is 0 Å². The Morgan fingerprint density at radius 1 is 1.47 bits per heavy atom. The number of rotatable bonds is 4. The molecule has 0 aromatic carbocycles. The fourth-order valence-electron chi connectivity index (χ4n) is 1.84. The van der Waals surface area contributed by atoms with E-state index in [1.54, 1.807) is 13.8 Å². The number of aliphatic hydroxyl groups excluding tert-OH is 2. The first-order chi connectivity index (χ1) is 6.91. The molecular weight excluding hydrogens is 196 g/mol. The summed E-state index contributed by atoms with van der Waals surface area (Å²) in [5, 5.41) is 19.2. The number of hydrogen-bond acceptors (Lipinski definition) is 4. The normalized spacial score (nSPS) is 36.1. The zero-order valence-corrected chi connectivity index (χ0v) is 9.14. The second kappa shape index (κ2) is 4.06. The van der Waals surface area contributed by atoms with Crippen LogP contribution in [0.4, 0.5) is 0 Å². The van der Waals surface area contributed by atoms with Gasteiger partial charge in [0.15, 0.2) is 11.4 Å². The van der Waals surface area contributed by atoms with E-state index in [2.05, 4.69) is 13.2 Å². The zero-order chi connectivity index (χ0) is 11.7. The summed E-state index contributed by atoms with van der Waals surface area (Å²) in [4.78, 5) is 0. The largest absolute Gasteiger partial charge is 0.393 e. The lowest BCUT2D eigenvalue weighted by Gasteiger charge is -2.32. The molecule has 4 heteroatoms. The molecule has 2 N–H and O–H groups in total. The van der Waals surface area contributed by atoms with Gasteiger partial charge in [-0.05, 0) is 13.8 Å². The summed E-state index contributed by atoms with van der Waals surface area (Å²) in [6.07, 6.45) is 1.26. The van der Waals surface area contributed by atoms with Crippen molar-refractivity contribution in [1.29, 1.82) is 0 Å². The Morgan fingerprint density at radius 3 is 2.47 bits per heavy atom. The third kappa shape index (κ3) is 1.99. The fourth-order valence-corrected chi connectivity index (χ4v) is 1.84. The first-order valence-electron chi connectivity index (χ1n) is 4.84. The first-order valence-corrected chi connectivity index (χ1v) is 4.84. The molecule has 1 unspecified atom stereocenters. The van der Waals surface area contributed by atoms with Crippen molar-refractivity contribution in [2.75, 3.05) is 6.61 Å². The molecule has 0 saturated carbocycles. The van der Waals surface area contributed by atoms with Gasteiger partial charge in [-0.25, -0.2) is 0 Å². The highest BCUT2D eigenvalue weighted by molar-refractivity contribution is 5.11. The molecule has 1 heterocycles. The van der Waals surface area contributed by atoms with Crippen LogP contribution in [0.15, 0.2) is 25.3 Å². The minimum absolute atomic E-state index is 0.361. The van der Waals surface area contributed by atoms with Crippen molar-refractivity contribution >= 4 is 0 Å². The van der Waals surface area contributed by atoms with Gasteiger partial charge in [-0.2, -0.15) is 0 Å². The van der Waals surface area contributed by atoms with Crippen molar-refractivity contribution < 1.29 is 19.7 Å². The van der Waals surface area contributed by atoms with Crippen LogP contribution in [0.3, 0.4) is 0 Å². The number of ether oxygens (including phenoxy) is 2. The summed E-state index contributed by atoms with van der Waals surface area (Å²) in [6.45, 7) is 10.2. The van der Waals surface area contributed by atoms with E-state index in [1.807, 2.05) is 0 Å². The molecule has 1 fully saturated rings. The SMILES string of the molecule is C=CC(O)[C@]1(CO)OC(C)(C)O[C@@H]1C=C. The fraction of sp³-hybridized carbons (Fsp3) is 0.636. The van der Waals surface area contributed by atoms with Gasteiger partial charge in [0.05, 0.1) is 6.61 Å². The van der Waals surface area contributed by atoms with Gasteiger partial charge in [-0.15, -0.1) is 13.2 Å². The van der Waals surface area contributed by atoms with Gasteiger partial charge in [0.25, 0.3) is 0 Å². The van der Waals surface area contributed by atoms with E-state index in [9.17, 15) is 10.2 Å². The average Bonchev–Trinajstić information content (AvgIpc) is 2.49. The summed E-state index contributed by atoms with van der Waals surface area (Å²) in [5.41, 5.74) is -1.20. The zero-order valence-electron chi connectivity index (χ0n) is 9.14. The summed E-state index contributed by atoms with van der Waals surface area (Å²) in [5.74, 6) is -0.856. The van der Waals surface area contributed by atoms with Crippen molar-refractivity contribution in [1.82, 2.24) is 0 Å². The molecule has 0 radical (unpaired) electrons. The van der Waals surface area contributed by atoms with Crippen LogP contribution in [-0.4, -0.2) is 40.4 Å². The van der Waals surface area contributed by atoms with Crippen LogP contribution in [0.2, 0.25) is 0 Å². The van der Waals surface area contributed by atoms with Crippen LogP contribution in [0, 0.1) is 0 Å². The van der Waals surface area contributed by atoms with E-state index in [-0.39, 0.29) is 6.61 Å². The molecular formula is C11H18O4. The quantitative estimate of drug-likeness (QED) is 0.673. The van der Waals surface area contributed by atoms with Gasteiger partial charge < -0.3 is 19.7 Å². The molecule has 0 spiro atoms. The van der Waals surface area contributed by atoms with Crippen LogP contribution in [-0.2, 0) is 9.47 Å². The van der Waals surface area contributed by atoms with Crippen molar-refractivity contribution in [2.45, 2.75) is 37.4 Å². The Kier molecular flexibility index (Phi) is 3.35. The number of aliphatic hydroxyl groups is 2. The first kappa shape index (κ1) is 12.4. The smallest absolute Gasteiger partial charge is 0.164 e. The van der Waals surface area contributed by atoms with E-state index < -0.39 is 23.6 Å².